The normalized spacial score (nSPS) is 11.2. The fourth-order valence-electron chi connectivity index (χ4n) is 4.47. The van der Waals surface area contributed by atoms with Crippen molar-refractivity contribution in [2.24, 2.45) is 0 Å². The first kappa shape index (κ1) is 25.9. The molecule has 0 fully saturated rings. The van der Waals surface area contributed by atoms with Crippen molar-refractivity contribution in [1.29, 1.82) is 0 Å². The highest BCUT2D eigenvalue weighted by atomic mass is 32.2. The van der Waals surface area contributed by atoms with E-state index in [2.05, 4.69) is 70.7 Å². The summed E-state index contributed by atoms with van der Waals surface area (Å²) < 4.78 is 2.05. The lowest BCUT2D eigenvalue weighted by Gasteiger charge is -2.11. The maximum absolute atomic E-state index is 12.8. The summed E-state index contributed by atoms with van der Waals surface area (Å²) in [5.74, 6) is 0.816. The molecular weight excluding hydrogens is 537 g/mol. The lowest BCUT2D eigenvalue weighted by molar-refractivity contribution is -0.113. The van der Waals surface area contributed by atoms with Crippen molar-refractivity contribution >= 4 is 45.0 Å². The van der Waals surface area contributed by atoms with Crippen LogP contribution in [0.2, 0.25) is 0 Å². The van der Waals surface area contributed by atoms with Gasteiger partial charge in [-0.25, -0.2) is 9.97 Å². The SMILES string of the molecule is CCn1c(SCC(=O)Nc2nc(-c3ccc(C)cc3)cs2)nnc1-c1cc(-c2ccccc2)nc2ccccc12. The summed E-state index contributed by atoms with van der Waals surface area (Å²) in [5.41, 5.74) is 6.84. The van der Waals surface area contributed by atoms with Gasteiger partial charge in [0.2, 0.25) is 5.91 Å². The minimum Gasteiger partial charge on any atom is -0.302 e. The summed E-state index contributed by atoms with van der Waals surface area (Å²) in [4.78, 5) is 22.3. The van der Waals surface area contributed by atoms with Gasteiger partial charge in [0.1, 0.15) is 0 Å². The molecule has 9 heteroatoms. The van der Waals surface area contributed by atoms with Crippen LogP contribution < -0.4 is 5.32 Å². The number of pyridine rings is 1. The number of fused-ring (bicyclic) bond motifs is 1. The fraction of sp³-hybridized carbons (Fsp3) is 0.129. The number of para-hydroxylation sites is 1. The molecular formula is C31H26N6OS2. The van der Waals surface area contributed by atoms with Crippen LogP contribution >= 0.6 is 23.1 Å². The molecule has 3 aromatic heterocycles. The Labute approximate surface area is 240 Å². The summed E-state index contributed by atoms with van der Waals surface area (Å²) in [6.07, 6.45) is 0. The van der Waals surface area contributed by atoms with E-state index in [4.69, 9.17) is 4.98 Å². The summed E-state index contributed by atoms with van der Waals surface area (Å²) in [6.45, 7) is 4.77. The molecule has 0 aliphatic carbocycles. The predicted molar refractivity (Wildman–Crippen MR) is 164 cm³/mol. The molecule has 0 atom stereocenters. The summed E-state index contributed by atoms with van der Waals surface area (Å²) in [7, 11) is 0. The van der Waals surface area contributed by atoms with E-state index in [9.17, 15) is 4.79 Å². The fourth-order valence-corrected chi connectivity index (χ4v) is 6.01. The van der Waals surface area contributed by atoms with Gasteiger partial charge in [0.15, 0.2) is 16.1 Å². The molecule has 7 nitrogen and oxygen atoms in total. The highest BCUT2D eigenvalue weighted by Crippen LogP contribution is 2.33. The molecule has 0 unspecified atom stereocenters. The average molecular weight is 563 g/mol. The van der Waals surface area contributed by atoms with E-state index < -0.39 is 0 Å². The molecule has 0 aliphatic rings. The lowest BCUT2D eigenvalue weighted by atomic mass is 10.0. The number of thioether (sulfide) groups is 1. The van der Waals surface area contributed by atoms with Crippen LogP contribution in [0.1, 0.15) is 12.5 Å². The van der Waals surface area contributed by atoms with Gasteiger partial charge >= 0.3 is 0 Å². The van der Waals surface area contributed by atoms with E-state index in [0.29, 0.717) is 16.8 Å². The highest BCUT2D eigenvalue weighted by Gasteiger charge is 2.19. The van der Waals surface area contributed by atoms with Crippen LogP contribution in [0.25, 0.3) is 44.8 Å². The van der Waals surface area contributed by atoms with Gasteiger partial charge in [0.25, 0.3) is 0 Å². The van der Waals surface area contributed by atoms with E-state index in [-0.39, 0.29) is 11.7 Å². The van der Waals surface area contributed by atoms with Gasteiger partial charge in [-0.3, -0.25) is 4.79 Å². The number of hydrogen-bond donors (Lipinski definition) is 1. The first-order valence-electron chi connectivity index (χ1n) is 12.9. The number of carbonyl (C=O) groups is 1. The number of rotatable bonds is 8. The van der Waals surface area contributed by atoms with E-state index in [1.807, 2.05) is 58.5 Å². The van der Waals surface area contributed by atoms with Crippen molar-refractivity contribution in [3.8, 4) is 33.9 Å². The van der Waals surface area contributed by atoms with Crippen molar-refractivity contribution < 1.29 is 4.79 Å². The van der Waals surface area contributed by atoms with Crippen LogP contribution in [0, 0.1) is 6.92 Å². The number of thiazole rings is 1. The summed E-state index contributed by atoms with van der Waals surface area (Å²) >= 11 is 2.78. The third kappa shape index (κ3) is 5.38. The zero-order valence-corrected chi connectivity index (χ0v) is 23.7. The Kier molecular flexibility index (Phi) is 7.39. The molecule has 0 aliphatic heterocycles. The molecule has 1 amide bonds. The molecule has 3 heterocycles. The van der Waals surface area contributed by atoms with Crippen molar-refractivity contribution in [3.05, 3.63) is 95.9 Å². The van der Waals surface area contributed by atoms with E-state index in [1.165, 1.54) is 28.7 Å². The first-order chi connectivity index (χ1) is 19.6. The number of aromatic nitrogens is 5. The first-order valence-corrected chi connectivity index (χ1v) is 14.8. The summed E-state index contributed by atoms with van der Waals surface area (Å²) in [5, 5.41) is 16.2. The average Bonchev–Trinajstić information content (AvgIpc) is 3.63. The molecule has 40 heavy (non-hydrogen) atoms. The molecule has 6 rings (SSSR count). The number of amides is 1. The quantitative estimate of drug-likeness (QED) is 0.195. The molecule has 0 saturated carbocycles. The van der Waals surface area contributed by atoms with Crippen LogP contribution in [0.4, 0.5) is 5.13 Å². The Balaban J connectivity index is 1.22. The largest absolute Gasteiger partial charge is 0.302 e. The van der Waals surface area contributed by atoms with Crippen LogP contribution in [-0.4, -0.2) is 36.4 Å². The number of hydrogen-bond acceptors (Lipinski definition) is 7. The third-order valence-corrected chi connectivity index (χ3v) is 8.21. The molecule has 0 bridgehead atoms. The number of anilines is 1. The second-order valence-corrected chi connectivity index (χ2v) is 11.0. The van der Waals surface area contributed by atoms with E-state index in [1.54, 1.807) is 0 Å². The summed E-state index contributed by atoms with van der Waals surface area (Å²) in [6, 6.07) is 28.4. The molecule has 0 saturated heterocycles. The predicted octanol–water partition coefficient (Wildman–Crippen LogP) is 7.34. The number of aryl methyl sites for hydroxylation is 1. The second kappa shape index (κ2) is 11.4. The Morgan fingerprint density at radius 3 is 2.45 bits per heavy atom. The number of nitrogens with one attached hydrogen (secondary N) is 1. The minimum absolute atomic E-state index is 0.136. The maximum atomic E-state index is 12.8. The zero-order valence-electron chi connectivity index (χ0n) is 22.0. The minimum atomic E-state index is -0.136. The van der Waals surface area contributed by atoms with Crippen molar-refractivity contribution in [1.82, 2.24) is 24.7 Å². The number of carbonyl (C=O) groups excluding carboxylic acids is 1. The Bertz CT molecular complexity index is 1790. The number of benzene rings is 3. The van der Waals surface area contributed by atoms with Crippen LogP contribution in [0.5, 0.6) is 0 Å². The van der Waals surface area contributed by atoms with Gasteiger partial charge in [0, 0.05) is 34.0 Å². The van der Waals surface area contributed by atoms with Gasteiger partial charge in [-0.1, -0.05) is 90.1 Å². The molecule has 1 N–H and O–H groups in total. The molecule has 0 spiro atoms. The van der Waals surface area contributed by atoms with E-state index >= 15 is 0 Å². The Hall–Kier alpha value is -4.34. The zero-order chi connectivity index (χ0) is 27.5. The smallest absolute Gasteiger partial charge is 0.236 e. The third-order valence-electron chi connectivity index (χ3n) is 6.49. The second-order valence-electron chi connectivity index (χ2n) is 9.23. The van der Waals surface area contributed by atoms with Crippen molar-refractivity contribution in [2.75, 3.05) is 11.1 Å². The molecule has 198 valence electrons. The van der Waals surface area contributed by atoms with Gasteiger partial charge in [-0.15, -0.1) is 21.5 Å². The van der Waals surface area contributed by atoms with Gasteiger partial charge in [-0.05, 0) is 26.0 Å². The standard InChI is InChI=1S/C31H26N6OS2/c1-3-37-29(24-17-26(21-9-5-4-6-10-21)32-25-12-8-7-11-23(24)25)35-36-31(37)40-19-28(38)34-30-33-27(18-39-30)22-15-13-20(2)14-16-22/h4-18H,3,19H2,1-2H3,(H,33,34,38). The van der Waals surface area contributed by atoms with Gasteiger partial charge in [-0.2, -0.15) is 0 Å². The Morgan fingerprint density at radius 1 is 0.900 bits per heavy atom. The topological polar surface area (TPSA) is 85.6 Å². The van der Waals surface area contributed by atoms with Crippen molar-refractivity contribution in [3.63, 3.8) is 0 Å². The number of nitrogens with zero attached hydrogens (tertiary/aromatic N) is 5. The van der Waals surface area contributed by atoms with Gasteiger partial charge < -0.3 is 9.88 Å². The highest BCUT2D eigenvalue weighted by molar-refractivity contribution is 7.99. The van der Waals surface area contributed by atoms with Gasteiger partial charge in [0.05, 0.1) is 22.7 Å². The van der Waals surface area contributed by atoms with Crippen LogP contribution in [0.3, 0.4) is 0 Å². The van der Waals surface area contributed by atoms with Crippen molar-refractivity contribution in [2.45, 2.75) is 25.5 Å². The lowest BCUT2D eigenvalue weighted by Crippen LogP contribution is -2.14. The monoisotopic (exact) mass is 562 g/mol. The maximum Gasteiger partial charge on any atom is 0.236 e. The van der Waals surface area contributed by atoms with Crippen LogP contribution in [0.15, 0.2) is 95.5 Å². The van der Waals surface area contributed by atoms with E-state index in [0.717, 1.165) is 44.8 Å². The Morgan fingerprint density at radius 2 is 1.65 bits per heavy atom. The molecule has 3 aromatic carbocycles. The molecule has 6 aromatic rings. The molecule has 0 radical (unpaired) electrons. The van der Waals surface area contributed by atoms with Crippen LogP contribution in [-0.2, 0) is 11.3 Å².